The predicted octanol–water partition coefficient (Wildman–Crippen LogP) is 1.26. The van der Waals surface area contributed by atoms with Crippen molar-refractivity contribution in [3.05, 3.63) is 11.6 Å². The quantitative estimate of drug-likeness (QED) is 0.300. The number of ether oxygens (including phenoxy) is 4. The van der Waals surface area contributed by atoms with E-state index in [0.29, 0.717) is 12.0 Å². The molecule has 2 rings (SSSR count). The van der Waals surface area contributed by atoms with Gasteiger partial charge in [-0.05, 0) is 25.3 Å². The number of methoxy groups -OCH3 is 2. The van der Waals surface area contributed by atoms with Crippen LogP contribution in [0.15, 0.2) is 11.6 Å². The van der Waals surface area contributed by atoms with Crippen LogP contribution in [-0.4, -0.2) is 95.4 Å². The molecule has 8 atom stereocenters. The van der Waals surface area contributed by atoms with Crippen LogP contribution in [-0.2, 0) is 28.5 Å². The van der Waals surface area contributed by atoms with Gasteiger partial charge in [0.1, 0.15) is 6.10 Å². The zero-order valence-electron chi connectivity index (χ0n) is 22.3. The zero-order valence-corrected chi connectivity index (χ0v) is 22.3. The first-order valence-corrected chi connectivity index (χ1v) is 12.7. The van der Waals surface area contributed by atoms with Crippen molar-refractivity contribution >= 4 is 11.8 Å². The van der Waals surface area contributed by atoms with Gasteiger partial charge in [-0.25, -0.2) is 4.79 Å². The summed E-state index contributed by atoms with van der Waals surface area (Å²) in [6, 6.07) is 0. The number of aliphatic hydroxyl groups is 4. The van der Waals surface area contributed by atoms with E-state index in [1.807, 2.05) is 13.0 Å². The molecule has 0 aromatic heterocycles. The third-order valence-electron chi connectivity index (χ3n) is 7.61. The molecule has 2 fully saturated rings. The molecule has 4 N–H and O–H groups in total. The predicted molar refractivity (Wildman–Crippen MR) is 130 cm³/mol. The molecule has 10 heteroatoms. The average molecular weight is 517 g/mol. The van der Waals surface area contributed by atoms with Gasteiger partial charge in [0.2, 0.25) is 5.79 Å². The molecule has 208 valence electrons. The van der Waals surface area contributed by atoms with E-state index in [4.69, 9.17) is 18.9 Å². The maximum absolute atomic E-state index is 13.1. The number of fused-ring (bicyclic) bond motifs is 2. The van der Waals surface area contributed by atoms with Gasteiger partial charge < -0.3 is 39.4 Å². The van der Waals surface area contributed by atoms with Gasteiger partial charge in [-0.3, -0.25) is 4.79 Å². The summed E-state index contributed by atoms with van der Waals surface area (Å²) in [6.45, 7) is 7.05. The molecule has 0 aromatic rings. The third kappa shape index (κ3) is 7.12. The van der Waals surface area contributed by atoms with E-state index in [2.05, 4.69) is 0 Å². The summed E-state index contributed by atoms with van der Waals surface area (Å²) >= 11 is 0. The molecule has 0 aliphatic carbocycles. The summed E-state index contributed by atoms with van der Waals surface area (Å²) in [5, 5.41) is 41.9. The summed E-state index contributed by atoms with van der Waals surface area (Å²) in [5.74, 6) is -3.57. The van der Waals surface area contributed by atoms with Crippen molar-refractivity contribution in [2.24, 2.45) is 11.3 Å². The van der Waals surface area contributed by atoms with Crippen molar-refractivity contribution in [1.82, 2.24) is 0 Å². The van der Waals surface area contributed by atoms with Gasteiger partial charge in [0.25, 0.3) is 0 Å². The van der Waals surface area contributed by atoms with Crippen LogP contribution in [0.25, 0.3) is 0 Å². The highest BCUT2D eigenvalue weighted by Crippen LogP contribution is 2.44. The molecule has 36 heavy (non-hydrogen) atoms. The Hall–Kier alpha value is -1.40. The average Bonchev–Trinajstić information content (AvgIpc) is 3.01. The van der Waals surface area contributed by atoms with Crippen LogP contribution in [0.5, 0.6) is 0 Å². The molecular formula is C26H44O10. The highest BCUT2D eigenvalue weighted by atomic mass is 16.6. The SMILES string of the molecule is CC[C@H](/C=C(\C)C1C[C@@H](OC)C[C@@H]2OC(O)(CC[C@@H](O)C[C@@H](OC)[C@H](O)C(=O)O1)C(=O)C2(C)C)CO. The summed E-state index contributed by atoms with van der Waals surface area (Å²) in [4.78, 5) is 26.1. The number of esters is 1. The number of carbonyl (C=O) groups excluding carboxylic acids is 2. The zero-order chi connectivity index (χ0) is 27.3. The largest absolute Gasteiger partial charge is 0.456 e. The fourth-order valence-corrected chi connectivity index (χ4v) is 4.94. The number of cyclic esters (lactones) is 1. The summed E-state index contributed by atoms with van der Waals surface area (Å²) in [7, 11) is 2.81. The van der Waals surface area contributed by atoms with Crippen LogP contribution in [0, 0.1) is 11.3 Å². The standard InChI is InChI=1S/C26H44O10/c1-7-16(14-27)10-15(2)19-12-18(33-5)13-21-25(3,4)24(31)26(32,36-21)9-8-17(28)11-20(34-6)22(29)23(30)35-19/h10,16-22,27-29,32H,7-9,11-14H2,1-6H3/b15-10+/t16-,17-,18-,19?,20-,21+,22+,26?/m1/s1. The second-order valence-electron chi connectivity index (χ2n) is 10.6. The van der Waals surface area contributed by atoms with Gasteiger partial charge in [0.15, 0.2) is 11.9 Å². The first-order valence-electron chi connectivity index (χ1n) is 12.7. The Morgan fingerprint density at radius 1 is 1.17 bits per heavy atom. The number of carbonyl (C=O) groups is 2. The van der Waals surface area contributed by atoms with E-state index in [1.54, 1.807) is 20.8 Å². The van der Waals surface area contributed by atoms with E-state index >= 15 is 0 Å². The lowest BCUT2D eigenvalue weighted by atomic mass is 9.78. The molecule has 2 saturated heterocycles. The molecule has 2 heterocycles. The van der Waals surface area contributed by atoms with Gasteiger partial charge in [-0.15, -0.1) is 0 Å². The molecular weight excluding hydrogens is 472 g/mol. The lowest BCUT2D eigenvalue weighted by Crippen LogP contribution is -2.43. The number of hydrogen-bond acceptors (Lipinski definition) is 10. The van der Waals surface area contributed by atoms with Gasteiger partial charge in [-0.1, -0.05) is 26.8 Å². The minimum absolute atomic E-state index is 0.00951. The van der Waals surface area contributed by atoms with Gasteiger partial charge in [-0.2, -0.15) is 0 Å². The monoisotopic (exact) mass is 516 g/mol. The number of rotatable bonds is 6. The summed E-state index contributed by atoms with van der Waals surface area (Å²) in [5.41, 5.74) is -0.337. The van der Waals surface area contributed by atoms with Crippen LogP contribution < -0.4 is 0 Å². The maximum atomic E-state index is 13.1. The van der Waals surface area contributed by atoms with Crippen molar-refractivity contribution < 1.29 is 49.0 Å². The minimum Gasteiger partial charge on any atom is -0.456 e. The van der Waals surface area contributed by atoms with Crippen molar-refractivity contribution in [3.63, 3.8) is 0 Å². The molecule has 2 unspecified atom stereocenters. The second-order valence-corrected chi connectivity index (χ2v) is 10.6. The maximum Gasteiger partial charge on any atom is 0.338 e. The molecule has 0 saturated carbocycles. The van der Waals surface area contributed by atoms with Crippen LogP contribution in [0.3, 0.4) is 0 Å². The Morgan fingerprint density at radius 3 is 2.39 bits per heavy atom. The molecule has 0 spiro atoms. The first-order chi connectivity index (χ1) is 16.8. The lowest BCUT2D eigenvalue weighted by Gasteiger charge is -2.30. The number of aliphatic hydroxyl groups excluding tert-OH is 3. The van der Waals surface area contributed by atoms with Crippen LogP contribution in [0.2, 0.25) is 0 Å². The molecule has 2 aliphatic rings. The van der Waals surface area contributed by atoms with E-state index in [-0.39, 0.29) is 44.6 Å². The van der Waals surface area contributed by atoms with Crippen LogP contribution in [0.4, 0.5) is 0 Å². The van der Waals surface area contributed by atoms with Crippen molar-refractivity contribution in [2.75, 3.05) is 20.8 Å². The fraction of sp³-hybridized carbons (Fsp3) is 0.846. The van der Waals surface area contributed by atoms with Crippen LogP contribution in [0.1, 0.15) is 66.2 Å². The van der Waals surface area contributed by atoms with Gasteiger partial charge in [0, 0.05) is 52.4 Å². The molecule has 0 aromatic carbocycles. The number of ketones is 1. The highest BCUT2D eigenvalue weighted by Gasteiger charge is 2.58. The van der Waals surface area contributed by atoms with Crippen LogP contribution >= 0.6 is 0 Å². The third-order valence-corrected chi connectivity index (χ3v) is 7.61. The normalized spacial score (nSPS) is 37.7. The summed E-state index contributed by atoms with van der Waals surface area (Å²) in [6.07, 6.45) is -3.14. The molecule has 2 aliphatic heterocycles. The molecule has 2 bridgehead atoms. The number of hydrogen-bond donors (Lipinski definition) is 4. The highest BCUT2D eigenvalue weighted by molar-refractivity contribution is 5.92. The Kier molecular flexibility index (Phi) is 11.0. The van der Waals surface area contributed by atoms with Gasteiger partial charge >= 0.3 is 5.97 Å². The van der Waals surface area contributed by atoms with E-state index in [1.165, 1.54) is 14.2 Å². The molecule has 10 nitrogen and oxygen atoms in total. The minimum atomic E-state index is -2.06. The second kappa shape index (κ2) is 12.9. The lowest BCUT2D eigenvalue weighted by molar-refractivity contribution is -0.204. The Labute approximate surface area is 213 Å². The number of Topliss-reactive ketones (excluding diaryl/α,β-unsaturated/α-hetero) is 1. The Balaban J connectivity index is 2.47. The van der Waals surface area contributed by atoms with Crippen molar-refractivity contribution in [3.8, 4) is 0 Å². The van der Waals surface area contributed by atoms with E-state index < -0.39 is 59.6 Å². The Bertz CT molecular complexity index is 777. The molecule has 0 radical (unpaired) electrons. The summed E-state index contributed by atoms with van der Waals surface area (Å²) < 4.78 is 22.6. The first kappa shape index (κ1) is 30.8. The van der Waals surface area contributed by atoms with E-state index in [9.17, 15) is 30.0 Å². The van der Waals surface area contributed by atoms with Crippen molar-refractivity contribution in [1.29, 1.82) is 0 Å². The van der Waals surface area contributed by atoms with Gasteiger partial charge in [0.05, 0.1) is 29.8 Å². The topological polar surface area (TPSA) is 152 Å². The molecule has 0 amide bonds. The fourth-order valence-electron chi connectivity index (χ4n) is 4.94. The van der Waals surface area contributed by atoms with E-state index in [0.717, 1.165) is 0 Å². The Morgan fingerprint density at radius 2 is 1.83 bits per heavy atom. The smallest absolute Gasteiger partial charge is 0.338 e. The van der Waals surface area contributed by atoms with Crippen molar-refractivity contribution in [2.45, 2.75) is 109 Å².